The van der Waals surface area contributed by atoms with Crippen molar-refractivity contribution < 1.29 is 18.0 Å². The Balaban J connectivity index is 1.51. The van der Waals surface area contributed by atoms with Crippen LogP contribution < -0.4 is 0 Å². The Hall–Kier alpha value is -1.60. The third-order valence-corrected chi connectivity index (χ3v) is 4.93. The number of alkyl halides is 3. The quantitative estimate of drug-likeness (QED) is 0.837. The fourth-order valence-electron chi connectivity index (χ4n) is 3.59. The normalized spacial score (nSPS) is 23.4. The molecule has 3 heterocycles. The molecule has 0 spiro atoms. The summed E-state index contributed by atoms with van der Waals surface area (Å²) < 4.78 is 39.3. The number of carbonyl (C=O) groups excluding carboxylic acids is 1. The first-order valence-corrected chi connectivity index (χ1v) is 8.14. The third-order valence-electron chi connectivity index (χ3n) is 4.93. The number of fused-ring (bicyclic) bond motifs is 1. The highest BCUT2D eigenvalue weighted by atomic mass is 19.4. The number of amides is 1. The Morgan fingerprint density at radius 1 is 1.17 bits per heavy atom. The van der Waals surface area contributed by atoms with E-state index in [4.69, 9.17) is 0 Å². The van der Waals surface area contributed by atoms with E-state index >= 15 is 0 Å². The summed E-state index contributed by atoms with van der Waals surface area (Å²) in [6.07, 6.45) is -0.0513. The molecular weight excluding hydrogens is 309 g/mol. The van der Waals surface area contributed by atoms with Crippen LogP contribution >= 0.6 is 0 Å². The van der Waals surface area contributed by atoms with Crippen molar-refractivity contribution in [3.05, 3.63) is 12.2 Å². The molecular formula is C15H21F3N4O. The molecule has 2 aliphatic rings. The number of aryl methyl sites for hydroxylation is 2. The fourth-order valence-corrected chi connectivity index (χ4v) is 3.59. The van der Waals surface area contributed by atoms with Crippen LogP contribution in [0, 0.1) is 11.8 Å². The number of hydrogen-bond donors (Lipinski definition) is 0. The molecule has 0 saturated carbocycles. The summed E-state index contributed by atoms with van der Waals surface area (Å²) in [4.78, 5) is 14.4. The van der Waals surface area contributed by atoms with Gasteiger partial charge < -0.3 is 9.47 Å². The van der Waals surface area contributed by atoms with Crippen LogP contribution in [0.2, 0.25) is 0 Å². The van der Waals surface area contributed by atoms with E-state index in [1.54, 1.807) is 11.2 Å². The lowest BCUT2D eigenvalue weighted by molar-refractivity contribution is -0.150. The minimum Gasteiger partial charge on any atom is -0.342 e. The van der Waals surface area contributed by atoms with Gasteiger partial charge in [-0.15, -0.1) is 10.2 Å². The van der Waals surface area contributed by atoms with Crippen molar-refractivity contribution in [3.8, 4) is 0 Å². The van der Waals surface area contributed by atoms with E-state index in [0.29, 0.717) is 25.9 Å². The summed E-state index contributed by atoms with van der Waals surface area (Å²) in [6, 6.07) is 0. The molecule has 128 valence electrons. The highest BCUT2D eigenvalue weighted by Crippen LogP contribution is 2.32. The first-order chi connectivity index (χ1) is 10.9. The van der Waals surface area contributed by atoms with Crippen molar-refractivity contribution in [3.63, 3.8) is 0 Å². The predicted octanol–water partition coefficient (Wildman–Crippen LogP) is 2.42. The first-order valence-electron chi connectivity index (χ1n) is 8.14. The van der Waals surface area contributed by atoms with Crippen LogP contribution in [-0.2, 0) is 17.8 Å². The highest BCUT2D eigenvalue weighted by Gasteiger charge is 2.35. The van der Waals surface area contributed by atoms with Gasteiger partial charge in [0.1, 0.15) is 12.2 Å². The van der Waals surface area contributed by atoms with Gasteiger partial charge in [0, 0.05) is 38.4 Å². The topological polar surface area (TPSA) is 51.0 Å². The van der Waals surface area contributed by atoms with E-state index in [9.17, 15) is 18.0 Å². The van der Waals surface area contributed by atoms with Crippen LogP contribution in [0.15, 0.2) is 6.33 Å². The van der Waals surface area contributed by atoms with Gasteiger partial charge in [0.2, 0.25) is 5.91 Å². The molecule has 2 aliphatic heterocycles. The molecule has 1 amide bonds. The number of aromatic nitrogens is 3. The molecule has 3 rings (SSSR count). The first kappa shape index (κ1) is 16.3. The largest absolute Gasteiger partial charge is 0.389 e. The van der Waals surface area contributed by atoms with Gasteiger partial charge in [-0.25, -0.2) is 0 Å². The number of halogens is 3. The molecule has 1 atom stereocenters. The molecule has 1 saturated heterocycles. The smallest absolute Gasteiger partial charge is 0.342 e. The molecule has 0 N–H and O–H groups in total. The number of nitrogens with zero attached hydrogens (tertiary/aromatic N) is 4. The van der Waals surface area contributed by atoms with E-state index < -0.39 is 12.6 Å². The molecule has 0 aromatic carbocycles. The van der Waals surface area contributed by atoms with Crippen LogP contribution in [0.3, 0.4) is 0 Å². The second-order valence-corrected chi connectivity index (χ2v) is 6.55. The van der Waals surface area contributed by atoms with Crippen LogP contribution in [-0.4, -0.2) is 44.8 Å². The second kappa shape index (κ2) is 6.49. The molecule has 8 heteroatoms. The monoisotopic (exact) mass is 330 g/mol. The average molecular weight is 330 g/mol. The molecule has 1 aromatic rings. The van der Waals surface area contributed by atoms with Gasteiger partial charge in [-0.2, -0.15) is 13.2 Å². The third kappa shape index (κ3) is 4.03. The predicted molar refractivity (Wildman–Crippen MR) is 76.4 cm³/mol. The van der Waals surface area contributed by atoms with Gasteiger partial charge in [-0.05, 0) is 31.6 Å². The number of hydrogen-bond acceptors (Lipinski definition) is 3. The van der Waals surface area contributed by atoms with Crippen molar-refractivity contribution in [1.82, 2.24) is 19.7 Å². The van der Waals surface area contributed by atoms with Crippen molar-refractivity contribution in [1.29, 1.82) is 0 Å². The Kier molecular flexibility index (Phi) is 4.59. The Morgan fingerprint density at radius 2 is 1.91 bits per heavy atom. The minimum atomic E-state index is -4.10. The van der Waals surface area contributed by atoms with Crippen molar-refractivity contribution >= 4 is 5.91 Å². The Morgan fingerprint density at radius 3 is 2.61 bits per heavy atom. The maximum Gasteiger partial charge on any atom is 0.389 e. The number of rotatable bonds is 2. The Labute approximate surface area is 132 Å². The number of carbonyl (C=O) groups is 1. The van der Waals surface area contributed by atoms with Gasteiger partial charge in [0.25, 0.3) is 0 Å². The standard InChI is InChI=1S/C15H21F3N4O/c16-15(17,18)9-11-3-6-21(7-4-11)14(23)12-1-2-13-20-19-10-22(13)8-5-12/h10-12H,1-9H2. The summed E-state index contributed by atoms with van der Waals surface area (Å²) in [5.74, 6) is 0.596. The van der Waals surface area contributed by atoms with E-state index in [-0.39, 0.29) is 17.7 Å². The summed E-state index contributed by atoms with van der Waals surface area (Å²) in [5.41, 5.74) is 0. The minimum absolute atomic E-state index is 0.0594. The lowest BCUT2D eigenvalue weighted by Crippen LogP contribution is -2.42. The van der Waals surface area contributed by atoms with Crippen molar-refractivity contribution in [2.45, 2.75) is 51.2 Å². The highest BCUT2D eigenvalue weighted by molar-refractivity contribution is 5.79. The lowest BCUT2D eigenvalue weighted by atomic mass is 9.91. The van der Waals surface area contributed by atoms with Crippen LogP contribution in [0.5, 0.6) is 0 Å². The number of piperidine rings is 1. The maximum atomic E-state index is 12.6. The SMILES string of the molecule is O=C(C1CCc2nncn2CC1)N1CCC(CC(F)(F)F)CC1. The van der Waals surface area contributed by atoms with Gasteiger partial charge in [0.15, 0.2) is 0 Å². The zero-order valence-corrected chi connectivity index (χ0v) is 12.9. The summed E-state index contributed by atoms with van der Waals surface area (Å²) in [5, 5.41) is 7.92. The lowest BCUT2D eigenvalue weighted by Gasteiger charge is -2.34. The van der Waals surface area contributed by atoms with E-state index in [2.05, 4.69) is 10.2 Å². The summed E-state index contributed by atoms with van der Waals surface area (Å²) >= 11 is 0. The Bertz CT molecular complexity index is 527. The van der Waals surface area contributed by atoms with Gasteiger partial charge in [0.05, 0.1) is 0 Å². The zero-order valence-electron chi connectivity index (χ0n) is 12.9. The van der Waals surface area contributed by atoms with E-state index in [1.807, 2.05) is 4.57 Å². The van der Waals surface area contributed by atoms with Gasteiger partial charge >= 0.3 is 6.18 Å². The molecule has 5 nitrogen and oxygen atoms in total. The zero-order chi connectivity index (χ0) is 16.4. The molecule has 0 aliphatic carbocycles. The summed E-state index contributed by atoms with van der Waals surface area (Å²) in [6.45, 7) is 1.62. The summed E-state index contributed by atoms with van der Waals surface area (Å²) in [7, 11) is 0. The fraction of sp³-hybridized carbons (Fsp3) is 0.800. The van der Waals surface area contributed by atoms with E-state index in [0.717, 1.165) is 31.6 Å². The van der Waals surface area contributed by atoms with Crippen molar-refractivity contribution in [2.24, 2.45) is 11.8 Å². The van der Waals surface area contributed by atoms with Crippen LogP contribution in [0.4, 0.5) is 13.2 Å². The van der Waals surface area contributed by atoms with Gasteiger partial charge in [-0.1, -0.05) is 0 Å². The molecule has 1 fully saturated rings. The molecule has 1 aromatic heterocycles. The van der Waals surface area contributed by atoms with Crippen LogP contribution in [0.1, 0.15) is 37.9 Å². The molecule has 23 heavy (non-hydrogen) atoms. The van der Waals surface area contributed by atoms with Crippen molar-refractivity contribution in [2.75, 3.05) is 13.1 Å². The average Bonchev–Trinajstić information content (AvgIpc) is 2.84. The number of likely N-dealkylation sites (tertiary alicyclic amines) is 1. The van der Waals surface area contributed by atoms with Gasteiger partial charge in [-0.3, -0.25) is 4.79 Å². The molecule has 0 bridgehead atoms. The van der Waals surface area contributed by atoms with E-state index in [1.165, 1.54) is 0 Å². The molecule has 1 unspecified atom stereocenters. The maximum absolute atomic E-state index is 12.6. The second-order valence-electron chi connectivity index (χ2n) is 6.55. The molecule has 0 radical (unpaired) electrons. The van der Waals surface area contributed by atoms with Crippen LogP contribution in [0.25, 0.3) is 0 Å².